The quantitative estimate of drug-likeness (QED) is 0.110. The SMILES string of the molecule is CCOc1ccc(-c2cc(CN3CCC(N(Cc4ccnc(-c5cc(OC)c(OC)c(OC)c5)c4)c4ccc(OC)cc4)CC3)ccn2)cc1.Cl.Cl.Cl. The molecule has 3 aromatic carbocycles. The lowest BCUT2D eigenvalue weighted by Gasteiger charge is -2.40. The number of benzene rings is 3. The fourth-order valence-electron chi connectivity index (χ4n) is 6.63. The van der Waals surface area contributed by atoms with Gasteiger partial charge >= 0.3 is 0 Å². The molecule has 2 aromatic heterocycles. The predicted molar refractivity (Wildman–Crippen MR) is 219 cm³/mol. The third-order valence-electron chi connectivity index (χ3n) is 9.23. The highest BCUT2D eigenvalue weighted by molar-refractivity contribution is 5.86. The molecule has 0 radical (unpaired) electrons. The summed E-state index contributed by atoms with van der Waals surface area (Å²) in [6.45, 7) is 6.30. The third kappa shape index (κ3) is 10.6. The molecule has 0 atom stereocenters. The standard InChI is InChI=1S/C41H46N4O5.3ClH/c1-6-50-36-11-7-31(8-12-36)37-23-29(15-19-42-37)27-44-21-17-34(18-22-44)45(33-9-13-35(46-2)14-10-33)28-30-16-20-43-38(24-30)32-25-39(47-3)41(49-5)40(26-32)48-4;;;/h7-16,19-20,23-26,34H,6,17-18,21-22,27-28H2,1-5H3;3*1H. The summed E-state index contributed by atoms with van der Waals surface area (Å²) in [5.74, 6) is 3.48. The molecule has 1 aliphatic rings. The van der Waals surface area contributed by atoms with Crippen LogP contribution in [0.2, 0.25) is 0 Å². The van der Waals surface area contributed by atoms with Crippen LogP contribution in [0.3, 0.4) is 0 Å². The first-order chi connectivity index (χ1) is 24.5. The van der Waals surface area contributed by atoms with Crippen LogP contribution in [0.4, 0.5) is 5.69 Å². The van der Waals surface area contributed by atoms with Crippen molar-refractivity contribution in [3.8, 4) is 51.3 Å². The second-order valence-corrected chi connectivity index (χ2v) is 12.3. The highest BCUT2D eigenvalue weighted by Gasteiger charge is 2.26. The fourth-order valence-corrected chi connectivity index (χ4v) is 6.63. The van der Waals surface area contributed by atoms with Crippen LogP contribution in [-0.2, 0) is 13.1 Å². The van der Waals surface area contributed by atoms with E-state index in [2.05, 4.69) is 63.3 Å². The minimum atomic E-state index is 0. The number of piperidine rings is 1. The average Bonchev–Trinajstić information content (AvgIpc) is 3.17. The first-order valence-corrected chi connectivity index (χ1v) is 17.1. The molecule has 0 N–H and O–H groups in total. The van der Waals surface area contributed by atoms with Crippen molar-refractivity contribution in [2.24, 2.45) is 0 Å². The van der Waals surface area contributed by atoms with Gasteiger partial charge < -0.3 is 28.6 Å². The topological polar surface area (TPSA) is 78.4 Å². The number of pyridine rings is 2. The molecule has 3 heterocycles. The molecule has 0 aliphatic carbocycles. The van der Waals surface area contributed by atoms with Crippen LogP contribution >= 0.6 is 37.2 Å². The van der Waals surface area contributed by atoms with E-state index in [1.54, 1.807) is 28.4 Å². The molecule has 1 fully saturated rings. The van der Waals surface area contributed by atoms with Crippen LogP contribution in [0.15, 0.2) is 97.3 Å². The molecule has 284 valence electrons. The van der Waals surface area contributed by atoms with Crippen LogP contribution in [0.1, 0.15) is 30.9 Å². The Morgan fingerprint density at radius 2 is 1.21 bits per heavy atom. The fraction of sp³-hybridized carbons (Fsp3) is 0.317. The molecule has 0 unspecified atom stereocenters. The Morgan fingerprint density at radius 3 is 1.77 bits per heavy atom. The van der Waals surface area contributed by atoms with Crippen molar-refractivity contribution in [3.63, 3.8) is 0 Å². The highest BCUT2D eigenvalue weighted by Crippen LogP contribution is 2.41. The van der Waals surface area contributed by atoms with Gasteiger partial charge in [0.25, 0.3) is 0 Å². The summed E-state index contributed by atoms with van der Waals surface area (Å²) >= 11 is 0. The van der Waals surface area contributed by atoms with Gasteiger partial charge in [-0.05, 0) is 116 Å². The van der Waals surface area contributed by atoms with E-state index in [1.165, 1.54) is 16.8 Å². The molecule has 1 saturated heterocycles. The van der Waals surface area contributed by atoms with Crippen LogP contribution in [0.25, 0.3) is 22.5 Å². The molecule has 0 bridgehead atoms. The van der Waals surface area contributed by atoms with Crippen molar-refractivity contribution >= 4 is 42.9 Å². The average molecular weight is 784 g/mol. The summed E-state index contributed by atoms with van der Waals surface area (Å²) in [5, 5.41) is 0. The third-order valence-corrected chi connectivity index (χ3v) is 9.23. The minimum absolute atomic E-state index is 0. The normalized spacial score (nSPS) is 12.7. The maximum atomic E-state index is 5.61. The molecule has 0 spiro atoms. The van der Waals surface area contributed by atoms with E-state index in [0.717, 1.165) is 73.0 Å². The number of methoxy groups -OCH3 is 4. The Bertz CT molecular complexity index is 1830. The van der Waals surface area contributed by atoms with E-state index in [1.807, 2.05) is 55.7 Å². The maximum absolute atomic E-state index is 5.61. The molecule has 53 heavy (non-hydrogen) atoms. The summed E-state index contributed by atoms with van der Waals surface area (Å²) < 4.78 is 27.9. The van der Waals surface area contributed by atoms with Gasteiger partial charge in [-0.25, -0.2) is 0 Å². The summed E-state index contributed by atoms with van der Waals surface area (Å²) in [7, 11) is 6.56. The molecule has 0 amide bonds. The summed E-state index contributed by atoms with van der Waals surface area (Å²) in [4.78, 5) is 14.4. The van der Waals surface area contributed by atoms with E-state index in [-0.39, 0.29) is 37.2 Å². The second-order valence-electron chi connectivity index (χ2n) is 12.3. The zero-order valence-electron chi connectivity index (χ0n) is 30.8. The van der Waals surface area contributed by atoms with E-state index < -0.39 is 0 Å². The lowest BCUT2D eigenvalue weighted by Crippen LogP contribution is -2.44. The number of halogens is 3. The van der Waals surface area contributed by atoms with Gasteiger partial charge in [-0.2, -0.15) is 0 Å². The number of hydrogen-bond acceptors (Lipinski definition) is 9. The van der Waals surface area contributed by atoms with Crippen molar-refractivity contribution in [2.75, 3.05) is 53.0 Å². The van der Waals surface area contributed by atoms with Crippen molar-refractivity contribution in [1.29, 1.82) is 0 Å². The van der Waals surface area contributed by atoms with Crippen LogP contribution in [0, 0.1) is 0 Å². The van der Waals surface area contributed by atoms with Crippen LogP contribution in [0.5, 0.6) is 28.7 Å². The lowest BCUT2D eigenvalue weighted by molar-refractivity contribution is 0.201. The largest absolute Gasteiger partial charge is 0.497 e. The summed E-state index contributed by atoms with van der Waals surface area (Å²) in [6, 6.07) is 29.4. The zero-order valence-corrected chi connectivity index (χ0v) is 33.3. The van der Waals surface area contributed by atoms with E-state index >= 15 is 0 Å². The molecule has 6 rings (SSSR count). The Hall–Kier alpha value is -4.41. The highest BCUT2D eigenvalue weighted by atomic mass is 35.5. The molecule has 5 aromatic rings. The van der Waals surface area contributed by atoms with Gasteiger partial charge in [0.05, 0.1) is 46.4 Å². The van der Waals surface area contributed by atoms with Crippen LogP contribution in [-0.4, -0.2) is 69.0 Å². The Balaban J connectivity index is 0.00000252. The number of rotatable bonds is 14. The number of ether oxygens (including phenoxy) is 5. The number of aromatic nitrogens is 2. The van der Waals surface area contributed by atoms with Crippen molar-refractivity contribution in [2.45, 2.75) is 38.9 Å². The Morgan fingerprint density at radius 1 is 0.642 bits per heavy atom. The Kier molecular flexibility index (Phi) is 16.8. The van der Waals surface area contributed by atoms with E-state index in [0.29, 0.717) is 29.9 Å². The Labute approximate surface area is 331 Å². The van der Waals surface area contributed by atoms with Gasteiger partial charge in [-0.1, -0.05) is 0 Å². The first-order valence-electron chi connectivity index (χ1n) is 17.1. The van der Waals surface area contributed by atoms with Crippen molar-refractivity contribution in [3.05, 3.63) is 108 Å². The number of nitrogens with zero attached hydrogens (tertiary/aromatic N) is 4. The minimum Gasteiger partial charge on any atom is -0.497 e. The number of hydrogen-bond donors (Lipinski definition) is 0. The van der Waals surface area contributed by atoms with E-state index in [4.69, 9.17) is 28.7 Å². The van der Waals surface area contributed by atoms with Gasteiger partial charge in [0.2, 0.25) is 5.75 Å². The smallest absolute Gasteiger partial charge is 0.203 e. The van der Waals surface area contributed by atoms with Crippen molar-refractivity contribution in [1.82, 2.24) is 14.9 Å². The van der Waals surface area contributed by atoms with Gasteiger partial charge in [-0.3, -0.25) is 14.9 Å². The zero-order chi connectivity index (χ0) is 34.9. The molecule has 0 saturated carbocycles. The van der Waals surface area contributed by atoms with Gasteiger partial charge in [0.15, 0.2) is 11.5 Å². The molecular formula is C41H49Cl3N4O5. The van der Waals surface area contributed by atoms with Crippen molar-refractivity contribution < 1.29 is 23.7 Å². The molecule has 9 nitrogen and oxygen atoms in total. The monoisotopic (exact) mass is 782 g/mol. The van der Waals surface area contributed by atoms with E-state index in [9.17, 15) is 0 Å². The van der Waals surface area contributed by atoms with Gasteiger partial charge in [0, 0.05) is 61.4 Å². The summed E-state index contributed by atoms with van der Waals surface area (Å²) in [6.07, 6.45) is 5.89. The molecule has 1 aliphatic heterocycles. The van der Waals surface area contributed by atoms with Crippen LogP contribution < -0.4 is 28.6 Å². The molecule has 12 heteroatoms. The van der Waals surface area contributed by atoms with Gasteiger partial charge in [-0.15, -0.1) is 37.2 Å². The second kappa shape index (κ2) is 20.7. The maximum Gasteiger partial charge on any atom is 0.203 e. The predicted octanol–water partition coefficient (Wildman–Crippen LogP) is 9.18. The lowest BCUT2D eigenvalue weighted by atomic mass is 10.00. The molecular weight excluding hydrogens is 735 g/mol. The summed E-state index contributed by atoms with van der Waals surface area (Å²) in [5.41, 5.74) is 7.42. The first kappa shape index (κ1) is 43.0. The van der Waals surface area contributed by atoms with Gasteiger partial charge in [0.1, 0.15) is 11.5 Å². The number of anilines is 1. The number of likely N-dealkylation sites (tertiary alicyclic amines) is 1.